The van der Waals surface area contributed by atoms with Crippen LogP contribution < -0.4 is 0 Å². The Kier molecular flexibility index (Phi) is 33.6. The van der Waals surface area contributed by atoms with Crippen molar-refractivity contribution in [3.63, 3.8) is 0 Å². The van der Waals surface area contributed by atoms with Crippen molar-refractivity contribution in [3.8, 4) is 0 Å². The summed E-state index contributed by atoms with van der Waals surface area (Å²) in [4.78, 5) is 24.2. The van der Waals surface area contributed by atoms with Gasteiger partial charge < -0.3 is 14.6 Å². The fraction of sp³-hybridized carbons (Fsp3) is 0.744. The third-order valence-corrected chi connectivity index (χ3v) is 7.64. The molecule has 5 heteroatoms. The molecule has 254 valence electrons. The minimum Gasteiger partial charge on any atom is -0.462 e. The maximum Gasteiger partial charge on any atom is 0.306 e. The van der Waals surface area contributed by atoms with Crippen LogP contribution in [0.4, 0.5) is 0 Å². The minimum atomic E-state index is -0.778. The smallest absolute Gasteiger partial charge is 0.306 e. The summed E-state index contributed by atoms with van der Waals surface area (Å²) in [6, 6.07) is 0. The first-order chi connectivity index (χ1) is 21.6. The van der Waals surface area contributed by atoms with Gasteiger partial charge in [-0.2, -0.15) is 0 Å². The number of rotatable bonds is 32. The van der Waals surface area contributed by atoms with Gasteiger partial charge in [-0.15, -0.1) is 0 Å². The van der Waals surface area contributed by atoms with E-state index in [0.29, 0.717) is 12.8 Å². The molecule has 0 aromatic heterocycles. The average molecular weight is 617 g/mol. The van der Waals surface area contributed by atoms with Gasteiger partial charge >= 0.3 is 11.9 Å². The van der Waals surface area contributed by atoms with E-state index >= 15 is 0 Å². The normalized spacial score (nSPS) is 12.7. The van der Waals surface area contributed by atoms with Gasteiger partial charge in [0.05, 0.1) is 6.61 Å². The van der Waals surface area contributed by atoms with Crippen LogP contribution in [0.25, 0.3) is 0 Å². The van der Waals surface area contributed by atoms with Gasteiger partial charge in [0, 0.05) is 12.8 Å². The number of aliphatic hydroxyl groups is 1. The van der Waals surface area contributed by atoms with Gasteiger partial charge in [0.15, 0.2) is 6.10 Å². The zero-order chi connectivity index (χ0) is 32.2. The Hall–Kier alpha value is -2.14. The van der Waals surface area contributed by atoms with Gasteiger partial charge in [0.2, 0.25) is 0 Å². The Balaban J connectivity index is 3.63. The second-order valence-electron chi connectivity index (χ2n) is 11.9. The molecule has 0 aliphatic carbocycles. The summed E-state index contributed by atoms with van der Waals surface area (Å²) in [6.07, 6.45) is 43.0. The molecule has 1 unspecified atom stereocenters. The summed E-state index contributed by atoms with van der Waals surface area (Å²) in [6.45, 7) is 3.99. The number of unbranched alkanes of at least 4 members (excludes halogenated alkanes) is 16. The fourth-order valence-electron chi connectivity index (χ4n) is 4.90. The van der Waals surface area contributed by atoms with Crippen LogP contribution in [0.5, 0.6) is 0 Å². The molecule has 0 aromatic carbocycles. The van der Waals surface area contributed by atoms with E-state index in [2.05, 4.69) is 62.5 Å². The third-order valence-electron chi connectivity index (χ3n) is 7.64. The van der Waals surface area contributed by atoms with E-state index in [-0.39, 0.29) is 25.2 Å². The summed E-state index contributed by atoms with van der Waals surface area (Å²) in [5.74, 6) is -0.619. The molecule has 44 heavy (non-hydrogen) atoms. The Bertz CT molecular complexity index is 752. The van der Waals surface area contributed by atoms with E-state index in [4.69, 9.17) is 9.47 Å². The third kappa shape index (κ3) is 32.8. The molecule has 0 heterocycles. The molecule has 0 saturated heterocycles. The highest BCUT2D eigenvalue weighted by atomic mass is 16.6. The van der Waals surface area contributed by atoms with Crippen LogP contribution in [0.15, 0.2) is 48.6 Å². The molecule has 0 aliphatic rings. The van der Waals surface area contributed by atoms with Crippen LogP contribution in [0, 0.1) is 0 Å². The lowest BCUT2D eigenvalue weighted by atomic mass is 10.0. The molecular formula is C39H68O5. The van der Waals surface area contributed by atoms with Crippen molar-refractivity contribution < 1.29 is 24.2 Å². The van der Waals surface area contributed by atoms with Crippen molar-refractivity contribution in [2.24, 2.45) is 0 Å². The molecule has 1 N–H and O–H groups in total. The van der Waals surface area contributed by atoms with Crippen molar-refractivity contribution in [1.29, 1.82) is 0 Å². The molecule has 0 aromatic rings. The topological polar surface area (TPSA) is 72.8 Å². The zero-order valence-corrected chi connectivity index (χ0v) is 28.7. The van der Waals surface area contributed by atoms with Gasteiger partial charge in [0.25, 0.3) is 0 Å². The quantitative estimate of drug-likeness (QED) is 0.0462. The second-order valence-corrected chi connectivity index (χ2v) is 11.9. The van der Waals surface area contributed by atoms with E-state index < -0.39 is 6.10 Å². The minimum absolute atomic E-state index is 0.0779. The molecule has 0 bridgehead atoms. The average Bonchev–Trinajstić information content (AvgIpc) is 3.02. The highest BCUT2D eigenvalue weighted by molar-refractivity contribution is 5.70. The Morgan fingerprint density at radius 2 is 0.977 bits per heavy atom. The first-order valence-corrected chi connectivity index (χ1v) is 18.2. The SMILES string of the molecule is CC/C=C/C/C=C/C/C=C/C/C=C/CCCCCCC(=O)OCC(CO)OC(=O)CCCCCCCCCCCCCCC. The lowest BCUT2D eigenvalue weighted by Gasteiger charge is -2.15. The molecular weight excluding hydrogens is 548 g/mol. The molecule has 0 aliphatic heterocycles. The number of carbonyl (C=O) groups is 2. The Morgan fingerprint density at radius 1 is 0.545 bits per heavy atom. The van der Waals surface area contributed by atoms with Gasteiger partial charge in [-0.25, -0.2) is 0 Å². The predicted molar refractivity (Wildman–Crippen MR) is 187 cm³/mol. The first-order valence-electron chi connectivity index (χ1n) is 18.2. The maximum atomic E-state index is 12.1. The largest absolute Gasteiger partial charge is 0.462 e. The zero-order valence-electron chi connectivity index (χ0n) is 28.7. The monoisotopic (exact) mass is 617 g/mol. The van der Waals surface area contributed by atoms with Crippen LogP contribution in [0.1, 0.15) is 168 Å². The second kappa shape index (κ2) is 35.3. The molecule has 5 nitrogen and oxygen atoms in total. The van der Waals surface area contributed by atoms with Gasteiger partial charge in [-0.1, -0.05) is 152 Å². The van der Waals surface area contributed by atoms with E-state index in [0.717, 1.165) is 77.0 Å². The predicted octanol–water partition coefficient (Wildman–Crippen LogP) is 11.1. The van der Waals surface area contributed by atoms with Crippen LogP contribution in [0.2, 0.25) is 0 Å². The molecule has 1 atom stereocenters. The molecule has 0 fully saturated rings. The number of hydrogen-bond donors (Lipinski definition) is 1. The van der Waals surface area contributed by atoms with Gasteiger partial charge in [-0.05, 0) is 51.4 Å². The van der Waals surface area contributed by atoms with E-state index in [1.54, 1.807) is 0 Å². The summed E-state index contributed by atoms with van der Waals surface area (Å²) in [7, 11) is 0. The standard InChI is InChI=1S/C39H68O5/c1-3-5-7-9-11-13-15-17-18-19-20-22-23-25-27-29-31-33-38(41)43-36-37(35-40)44-39(42)34-32-30-28-26-24-21-16-14-12-10-8-6-4-2/h5,7,11,13,17-18,20,22,37,40H,3-4,6,8-10,12,14-16,19,21,23-36H2,1-2H3/b7-5+,13-11+,18-17+,22-20+. The highest BCUT2D eigenvalue weighted by Crippen LogP contribution is 2.13. The summed E-state index contributed by atoms with van der Waals surface area (Å²) < 4.78 is 10.6. The first kappa shape index (κ1) is 41.9. The van der Waals surface area contributed by atoms with Gasteiger partial charge in [-0.3, -0.25) is 9.59 Å². The van der Waals surface area contributed by atoms with E-state index in [9.17, 15) is 14.7 Å². The fourth-order valence-corrected chi connectivity index (χ4v) is 4.90. The highest BCUT2D eigenvalue weighted by Gasteiger charge is 2.16. The van der Waals surface area contributed by atoms with Crippen molar-refractivity contribution in [3.05, 3.63) is 48.6 Å². The Labute approximate surface area is 271 Å². The van der Waals surface area contributed by atoms with E-state index in [1.807, 2.05) is 0 Å². The molecule has 0 rings (SSSR count). The van der Waals surface area contributed by atoms with Crippen molar-refractivity contribution in [2.75, 3.05) is 13.2 Å². The van der Waals surface area contributed by atoms with Crippen LogP contribution in [0.3, 0.4) is 0 Å². The number of allylic oxidation sites excluding steroid dienone is 8. The lowest BCUT2D eigenvalue weighted by molar-refractivity contribution is -0.161. The molecule has 0 saturated carbocycles. The number of carbonyl (C=O) groups excluding carboxylic acids is 2. The van der Waals surface area contributed by atoms with Crippen LogP contribution in [-0.4, -0.2) is 36.4 Å². The number of hydrogen-bond acceptors (Lipinski definition) is 5. The summed E-state index contributed by atoms with van der Waals surface area (Å²) in [5, 5.41) is 9.52. The van der Waals surface area contributed by atoms with Crippen molar-refractivity contribution in [1.82, 2.24) is 0 Å². The number of aliphatic hydroxyl groups excluding tert-OH is 1. The molecule has 0 amide bonds. The molecule has 0 spiro atoms. The maximum absolute atomic E-state index is 12.1. The molecule has 0 radical (unpaired) electrons. The lowest BCUT2D eigenvalue weighted by Crippen LogP contribution is -2.28. The van der Waals surface area contributed by atoms with Crippen LogP contribution in [-0.2, 0) is 19.1 Å². The van der Waals surface area contributed by atoms with Crippen LogP contribution >= 0.6 is 0 Å². The van der Waals surface area contributed by atoms with Gasteiger partial charge in [0.1, 0.15) is 6.61 Å². The van der Waals surface area contributed by atoms with Crippen molar-refractivity contribution in [2.45, 2.75) is 174 Å². The number of ether oxygens (including phenoxy) is 2. The summed E-state index contributed by atoms with van der Waals surface area (Å²) >= 11 is 0. The van der Waals surface area contributed by atoms with Crippen molar-refractivity contribution >= 4 is 11.9 Å². The number of esters is 2. The summed E-state index contributed by atoms with van der Waals surface area (Å²) in [5.41, 5.74) is 0. The van der Waals surface area contributed by atoms with E-state index in [1.165, 1.54) is 64.2 Å². The Morgan fingerprint density at radius 3 is 1.48 bits per heavy atom.